The smallest absolute Gasteiger partial charge is 0.264 e. The number of fused-ring (bicyclic) bond motifs is 1. The Morgan fingerprint density at radius 1 is 1.17 bits per heavy atom. The Morgan fingerprint density at radius 2 is 1.87 bits per heavy atom. The van der Waals surface area contributed by atoms with Crippen LogP contribution in [0.15, 0.2) is 46.1 Å². The number of hydrogen-bond donors (Lipinski definition) is 1. The van der Waals surface area contributed by atoms with Crippen LogP contribution in [0.3, 0.4) is 0 Å². The van der Waals surface area contributed by atoms with Crippen LogP contribution in [0.25, 0.3) is 11.0 Å². The molecule has 7 nitrogen and oxygen atoms in total. The van der Waals surface area contributed by atoms with Crippen molar-refractivity contribution < 1.29 is 4.79 Å². The van der Waals surface area contributed by atoms with Gasteiger partial charge in [0.1, 0.15) is 11.7 Å². The standard InChI is InChI=1S/C22H28BrN5O2/c1-3-5-17(6-4-2)21(29)24-11-12-28-20-19(13-26-28)22(30)27(15-25-20)14-16-7-9-18(23)10-8-16/h7-10,13,15,17H,3-6,11-12,14H2,1-2H3,(H,24,29). The summed E-state index contributed by atoms with van der Waals surface area (Å²) in [4.78, 5) is 29.7. The highest BCUT2D eigenvalue weighted by molar-refractivity contribution is 9.10. The third kappa shape index (κ3) is 5.36. The van der Waals surface area contributed by atoms with E-state index in [2.05, 4.69) is 45.2 Å². The zero-order valence-electron chi connectivity index (χ0n) is 17.5. The van der Waals surface area contributed by atoms with Crippen LogP contribution < -0.4 is 10.9 Å². The summed E-state index contributed by atoms with van der Waals surface area (Å²) in [5.41, 5.74) is 1.44. The van der Waals surface area contributed by atoms with Gasteiger partial charge in [0, 0.05) is 16.9 Å². The van der Waals surface area contributed by atoms with Crippen LogP contribution in [0.5, 0.6) is 0 Å². The first-order valence-corrected chi connectivity index (χ1v) is 11.3. The molecule has 0 radical (unpaired) electrons. The van der Waals surface area contributed by atoms with Crippen molar-refractivity contribution in [1.82, 2.24) is 24.6 Å². The molecule has 0 unspecified atom stereocenters. The molecule has 0 bridgehead atoms. The second kappa shape index (κ2) is 10.5. The lowest BCUT2D eigenvalue weighted by Crippen LogP contribution is -2.33. The molecule has 2 heterocycles. The third-order valence-corrected chi connectivity index (χ3v) is 5.69. The number of carbonyl (C=O) groups is 1. The number of nitrogens with zero attached hydrogens (tertiary/aromatic N) is 4. The molecule has 160 valence electrons. The molecule has 8 heteroatoms. The summed E-state index contributed by atoms with van der Waals surface area (Å²) >= 11 is 3.42. The fourth-order valence-corrected chi connectivity index (χ4v) is 3.86. The highest BCUT2D eigenvalue weighted by atomic mass is 79.9. The number of nitrogens with one attached hydrogen (secondary N) is 1. The number of carbonyl (C=O) groups excluding carboxylic acids is 1. The van der Waals surface area contributed by atoms with Gasteiger partial charge >= 0.3 is 0 Å². The summed E-state index contributed by atoms with van der Waals surface area (Å²) in [6.07, 6.45) is 6.92. The van der Waals surface area contributed by atoms with Gasteiger partial charge in [-0.1, -0.05) is 54.8 Å². The Kier molecular flexibility index (Phi) is 7.79. The first-order valence-electron chi connectivity index (χ1n) is 10.5. The van der Waals surface area contributed by atoms with E-state index in [0.717, 1.165) is 35.7 Å². The third-order valence-electron chi connectivity index (χ3n) is 5.16. The van der Waals surface area contributed by atoms with Gasteiger partial charge in [-0.15, -0.1) is 0 Å². The van der Waals surface area contributed by atoms with E-state index in [1.807, 2.05) is 24.3 Å². The van der Waals surface area contributed by atoms with E-state index in [-0.39, 0.29) is 17.4 Å². The van der Waals surface area contributed by atoms with Gasteiger partial charge in [-0.3, -0.25) is 14.2 Å². The van der Waals surface area contributed by atoms with Gasteiger partial charge in [0.05, 0.1) is 19.3 Å². The average Bonchev–Trinajstić information content (AvgIpc) is 3.15. The second-order valence-corrected chi connectivity index (χ2v) is 8.39. The Balaban J connectivity index is 1.66. The zero-order valence-corrected chi connectivity index (χ0v) is 19.1. The van der Waals surface area contributed by atoms with Crippen LogP contribution >= 0.6 is 15.9 Å². The summed E-state index contributed by atoms with van der Waals surface area (Å²) in [6, 6.07) is 7.84. The molecule has 0 fully saturated rings. The summed E-state index contributed by atoms with van der Waals surface area (Å²) in [5, 5.41) is 7.80. The van der Waals surface area contributed by atoms with E-state index in [4.69, 9.17) is 0 Å². The Hall–Kier alpha value is -2.48. The molecule has 3 aromatic rings. The van der Waals surface area contributed by atoms with Crippen molar-refractivity contribution in [3.63, 3.8) is 0 Å². The van der Waals surface area contributed by atoms with Crippen LogP contribution in [0.1, 0.15) is 45.1 Å². The molecule has 0 aliphatic heterocycles. The lowest BCUT2D eigenvalue weighted by atomic mass is 9.97. The van der Waals surface area contributed by atoms with Crippen LogP contribution in [0.2, 0.25) is 0 Å². The second-order valence-electron chi connectivity index (χ2n) is 7.47. The number of rotatable bonds is 10. The predicted octanol–water partition coefficient (Wildman–Crippen LogP) is 3.74. The first kappa shape index (κ1) is 22.2. The van der Waals surface area contributed by atoms with Crippen molar-refractivity contribution in [2.24, 2.45) is 5.92 Å². The van der Waals surface area contributed by atoms with Gasteiger partial charge in [-0.05, 0) is 30.5 Å². The summed E-state index contributed by atoms with van der Waals surface area (Å²) in [6.45, 7) is 5.58. The fourth-order valence-electron chi connectivity index (χ4n) is 3.59. The maximum Gasteiger partial charge on any atom is 0.264 e. The summed E-state index contributed by atoms with van der Waals surface area (Å²) in [5.74, 6) is 0.165. The number of halogens is 1. The van der Waals surface area contributed by atoms with Crippen LogP contribution in [0, 0.1) is 5.92 Å². The SMILES string of the molecule is CCCC(CCC)C(=O)NCCn1ncc2c(=O)n(Cc3ccc(Br)cc3)cnc21. The molecule has 0 spiro atoms. The number of benzene rings is 1. The highest BCUT2D eigenvalue weighted by Crippen LogP contribution is 2.14. The van der Waals surface area contributed by atoms with Gasteiger partial charge in [0.2, 0.25) is 5.91 Å². The maximum atomic E-state index is 12.8. The normalized spacial score (nSPS) is 11.3. The topological polar surface area (TPSA) is 81.8 Å². The molecule has 3 rings (SSSR count). The Bertz CT molecular complexity index is 1040. The minimum Gasteiger partial charge on any atom is -0.354 e. The fraction of sp³-hybridized carbons (Fsp3) is 0.455. The van der Waals surface area contributed by atoms with Crippen molar-refractivity contribution in [3.8, 4) is 0 Å². The van der Waals surface area contributed by atoms with Crippen molar-refractivity contribution in [2.45, 2.75) is 52.6 Å². The molecular formula is C22H28BrN5O2. The molecule has 1 amide bonds. The van der Waals surface area contributed by atoms with Crippen molar-refractivity contribution >= 4 is 32.9 Å². The van der Waals surface area contributed by atoms with Gasteiger partial charge in [-0.25, -0.2) is 9.67 Å². The number of aromatic nitrogens is 4. The molecule has 30 heavy (non-hydrogen) atoms. The minimum absolute atomic E-state index is 0.0679. The number of hydrogen-bond acceptors (Lipinski definition) is 4. The van der Waals surface area contributed by atoms with Crippen molar-refractivity contribution in [1.29, 1.82) is 0 Å². The molecule has 1 aromatic carbocycles. The molecule has 0 saturated carbocycles. The van der Waals surface area contributed by atoms with E-state index in [9.17, 15) is 9.59 Å². The van der Waals surface area contributed by atoms with Crippen LogP contribution in [-0.2, 0) is 17.9 Å². The quantitative estimate of drug-likeness (QED) is 0.486. The van der Waals surface area contributed by atoms with Gasteiger partial charge in [0.15, 0.2) is 5.65 Å². The molecule has 2 aromatic heterocycles. The largest absolute Gasteiger partial charge is 0.354 e. The van der Waals surface area contributed by atoms with E-state index in [1.165, 1.54) is 0 Å². The minimum atomic E-state index is -0.121. The van der Waals surface area contributed by atoms with E-state index < -0.39 is 0 Å². The Morgan fingerprint density at radius 3 is 2.53 bits per heavy atom. The lowest BCUT2D eigenvalue weighted by molar-refractivity contribution is -0.125. The van der Waals surface area contributed by atoms with Gasteiger partial charge in [-0.2, -0.15) is 5.10 Å². The molecule has 0 atom stereocenters. The average molecular weight is 474 g/mol. The van der Waals surface area contributed by atoms with E-state index >= 15 is 0 Å². The van der Waals surface area contributed by atoms with E-state index in [0.29, 0.717) is 30.7 Å². The van der Waals surface area contributed by atoms with Crippen molar-refractivity contribution in [3.05, 3.63) is 57.2 Å². The van der Waals surface area contributed by atoms with Crippen LogP contribution in [-0.4, -0.2) is 31.8 Å². The lowest BCUT2D eigenvalue weighted by Gasteiger charge is -2.15. The molecule has 0 aliphatic carbocycles. The van der Waals surface area contributed by atoms with E-state index in [1.54, 1.807) is 21.8 Å². The molecule has 0 aliphatic rings. The van der Waals surface area contributed by atoms with Gasteiger partial charge < -0.3 is 5.32 Å². The van der Waals surface area contributed by atoms with Crippen molar-refractivity contribution in [2.75, 3.05) is 6.54 Å². The maximum absolute atomic E-state index is 12.8. The molecule has 0 saturated heterocycles. The highest BCUT2D eigenvalue weighted by Gasteiger charge is 2.16. The number of amides is 1. The van der Waals surface area contributed by atoms with Gasteiger partial charge in [0.25, 0.3) is 5.56 Å². The predicted molar refractivity (Wildman–Crippen MR) is 121 cm³/mol. The summed E-state index contributed by atoms with van der Waals surface area (Å²) < 4.78 is 4.26. The monoisotopic (exact) mass is 473 g/mol. The van der Waals surface area contributed by atoms with Crippen LogP contribution in [0.4, 0.5) is 0 Å². The molecular weight excluding hydrogens is 446 g/mol. The summed E-state index contributed by atoms with van der Waals surface area (Å²) in [7, 11) is 0. The first-order chi connectivity index (χ1) is 14.5. The zero-order chi connectivity index (χ0) is 21.5. The molecule has 1 N–H and O–H groups in total. The Labute approximate surface area is 184 Å².